The van der Waals surface area contributed by atoms with Crippen LogP contribution in [0.5, 0.6) is 11.8 Å². The fourth-order valence-electron chi connectivity index (χ4n) is 3.95. The van der Waals surface area contributed by atoms with Crippen molar-refractivity contribution in [1.82, 2.24) is 24.1 Å². The molecule has 5 rings (SSSR count). The van der Waals surface area contributed by atoms with Gasteiger partial charge in [0.15, 0.2) is 0 Å². The number of fused-ring (bicyclic) bond motifs is 3. The van der Waals surface area contributed by atoms with Gasteiger partial charge in [-0.2, -0.15) is 0 Å². The zero-order valence-electron chi connectivity index (χ0n) is 18.2. The molecule has 0 radical (unpaired) electrons. The second kappa shape index (κ2) is 7.49. The smallest absolute Gasteiger partial charge is 0.333 e. The molecular weight excluding hydrogens is 406 g/mol. The summed E-state index contributed by atoms with van der Waals surface area (Å²) in [5.74, 6) is 1.05. The Bertz CT molecular complexity index is 1530. The molecule has 0 atom stereocenters. The number of hydrogen-bond acceptors (Lipinski definition) is 6. The average molecular weight is 427 g/mol. The normalized spacial score (nSPS) is 11.2. The van der Waals surface area contributed by atoms with Gasteiger partial charge in [0.2, 0.25) is 11.8 Å². The quantitative estimate of drug-likeness (QED) is 0.435. The minimum absolute atomic E-state index is 0.166. The summed E-state index contributed by atoms with van der Waals surface area (Å²) in [7, 11) is 4.91. The maximum Gasteiger partial charge on any atom is 0.333 e. The van der Waals surface area contributed by atoms with Crippen LogP contribution in [0.25, 0.3) is 38.8 Å². The molecule has 32 heavy (non-hydrogen) atoms. The van der Waals surface area contributed by atoms with Crippen molar-refractivity contribution in [3.05, 3.63) is 71.0 Å². The number of imidazole rings is 1. The maximum atomic E-state index is 13.3. The topological polar surface area (TPSA) is 84.1 Å². The van der Waals surface area contributed by atoms with Crippen molar-refractivity contribution in [3.8, 4) is 28.6 Å². The Morgan fingerprint density at radius 1 is 0.875 bits per heavy atom. The highest BCUT2D eigenvalue weighted by Gasteiger charge is 2.18. The second-order valence-corrected chi connectivity index (χ2v) is 7.45. The number of hydrogen-bond donors (Lipinski definition) is 0. The Hall–Kier alpha value is -4.20. The lowest BCUT2D eigenvalue weighted by molar-refractivity contribution is 0.397. The van der Waals surface area contributed by atoms with Crippen LogP contribution in [-0.4, -0.2) is 38.3 Å². The third-order valence-electron chi connectivity index (χ3n) is 5.64. The van der Waals surface area contributed by atoms with Gasteiger partial charge in [-0.3, -0.25) is 14.1 Å². The molecule has 4 aromatic heterocycles. The Morgan fingerprint density at radius 3 is 2.31 bits per heavy atom. The average Bonchev–Trinajstić information content (AvgIpc) is 3.09. The molecule has 0 fully saturated rings. The number of aromatic nitrogens is 5. The van der Waals surface area contributed by atoms with E-state index in [-0.39, 0.29) is 5.69 Å². The molecule has 1 aromatic carbocycles. The van der Waals surface area contributed by atoms with E-state index in [0.29, 0.717) is 23.1 Å². The molecule has 0 aliphatic carbocycles. The zero-order chi connectivity index (χ0) is 22.4. The van der Waals surface area contributed by atoms with Crippen LogP contribution in [0.3, 0.4) is 0 Å². The minimum atomic E-state index is -0.166. The summed E-state index contributed by atoms with van der Waals surface area (Å²) in [5.41, 5.74) is 5.45. The van der Waals surface area contributed by atoms with Gasteiger partial charge in [-0.05, 0) is 36.8 Å². The summed E-state index contributed by atoms with van der Waals surface area (Å²) in [4.78, 5) is 26.6. The summed E-state index contributed by atoms with van der Waals surface area (Å²) in [6.07, 6.45) is 3.50. The Morgan fingerprint density at radius 2 is 1.62 bits per heavy atom. The molecule has 0 aliphatic rings. The minimum Gasteiger partial charge on any atom is -0.481 e. The molecule has 0 saturated heterocycles. The van der Waals surface area contributed by atoms with Gasteiger partial charge >= 0.3 is 5.69 Å². The van der Waals surface area contributed by atoms with Gasteiger partial charge in [-0.25, -0.2) is 14.8 Å². The van der Waals surface area contributed by atoms with Crippen molar-refractivity contribution < 1.29 is 9.47 Å². The first-order valence-electron chi connectivity index (χ1n) is 10.0. The molecule has 0 bridgehead atoms. The highest BCUT2D eigenvalue weighted by molar-refractivity contribution is 6.04. The lowest BCUT2D eigenvalue weighted by Gasteiger charge is -2.10. The SMILES string of the molecule is COc1ccc(-c2ccc3ncc4c(c3c2)n(-c2ccc(OC)nc2C)c(=O)n4C)cn1. The molecule has 0 N–H and O–H groups in total. The predicted molar refractivity (Wildman–Crippen MR) is 123 cm³/mol. The first kappa shape index (κ1) is 19.7. The van der Waals surface area contributed by atoms with E-state index in [4.69, 9.17) is 9.47 Å². The van der Waals surface area contributed by atoms with Crippen LogP contribution in [0.2, 0.25) is 0 Å². The fraction of sp³-hybridized carbons (Fsp3) is 0.167. The third kappa shape index (κ3) is 2.99. The van der Waals surface area contributed by atoms with Gasteiger partial charge in [0.1, 0.15) is 0 Å². The largest absolute Gasteiger partial charge is 0.481 e. The highest BCUT2D eigenvalue weighted by atomic mass is 16.5. The number of benzene rings is 1. The van der Waals surface area contributed by atoms with Crippen LogP contribution in [0.4, 0.5) is 0 Å². The number of nitrogens with zero attached hydrogens (tertiary/aromatic N) is 5. The molecular formula is C24H21N5O3. The van der Waals surface area contributed by atoms with Gasteiger partial charge in [0, 0.05) is 36.3 Å². The first-order valence-corrected chi connectivity index (χ1v) is 10.0. The molecule has 8 heteroatoms. The number of methoxy groups -OCH3 is 2. The molecule has 5 aromatic rings. The molecule has 0 spiro atoms. The lowest BCUT2D eigenvalue weighted by atomic mass is 10.0. The van der Waals surface area contributed by atoms with Gasteiger partial charge < -0.3 is 9.47 Å². The maximum absolute atomic E-state index is 13.3. The van der Waals surface area contributed by atoms with Crippen LogP contribution < -0.4 is 15.2 Å². The van der Waals surface area contributed by atoms with E-state index in [1.54, 1.807) is 48.9 Å². The van der Waals surface area contributed by atoms with E-state index in [0.717, 1.165) is 33.1 Å². The van der Waals surface area contributed by atoms with E-state index in [9.17, 15) is 4.79 Å². The summed E-state index contributed by atoms with van der Waals surface area (Å²) < 4.78 is 13.7. The molecule has 0 saturated carbocycles. The Kier molecular flexibility index (Phi) is 4.62. The number of rotatable bonds is 4. The monoisotopic (exact) mass is 427 g/mol. The fourth-order valence-corrected chi connectivity index (χ4v) is 3.95. The molecule has 0 unspecified atom stereocenters. The van der Waals surface area contributed by atoms with Crippen molar-refractivity contribution in [3.63, 3.8) is 0 Å². The van der Waals surface area contributed by atoms with Crippen LogP contribution in [0, 0.1) is 6.92 Å². The highest BCUT2D eigenvalue weighted by Crippen LogP contribution is 2.30. The van der Waals surface area contributed by atoms with E-state index >= 15 is 0 Å². The Labute approximate surface area is 183 Å². The van der Waals surface area contributed by atoms with Crippen LogP contribution >= 0.6 is 0 Å². The summed E-state index contributed by atoms with van der Waals surface area (Å²) in [6, 6.07) is 13.4. The van der Waals surface area contributed by atoms with Crippen molar-refractivity contribution in [2.45, 2.75) is 6.92 Å². The molecule has 160 valence electrons. The van der Waals surface area contributed by atoms with E-state index in [1.807, 2.05) is 43.3 Å². The van der Waals surface area contributed by atoms with Crippen LogP contribution in [-0.2, 0) is 7.05 Å². The summed E-state index contributed by atoms with van der Waals surface area (Å²) >= 11 is 0. The summed E-state index contributed by atoms with van der Waals surface area (Å²) in [6.45, 7) is 1.86. The number of pyridine rings is 3. The number of aryl methyl sites for hydroxylation is 2. The van der Waals surface area contributed by atoms with Crippen molar-refractivity contribution in [1.29, 1.82) is 0 Å². The van der Waals surface area contributed by atoms with Crippen LogP contribution in [0.1, 0.15) is 5.69 Å². The van der Waals surface area contributed by atoms with Crippen molar-refractivity contribution in [2.24, 2.45) is 7.05 Å². The second-order valence-electron chi connectivity index (χ2n) is 7.45. The predicted octanol–water partition coefficient (Wildman–Crippen LogP) is 3.66. The molecule has 4 heterocycles. The van der Waals surface area contributed by atoms with Gasteiger partial charge in [-0.15, -0.1) is 0 Å². The van der Waals surface area contributed by atoms with Gasteiger partial charge in [-0.1, -0.05) is 6.07 Å². The molecule has 0 amide bonds. The third-order valence-corrected chi connectivity index (χ3v) is 5.64. The zero-order valence-corrected chi connectivity index (χ0v) is 18.2. The lowest BCUT2D eigenvalue weighted by Crippen LogP contribution is -2.21. The summed E-state index contributed by atoms with van der Waals surface area (Å²) in [5, 5.41) is 0.865. The standard InChI is InChI=1S/C24H21N5O3/c1-14-19(8-10-22(27-14)32-4)29-23-17-11-15(16-6-9-21(31-3)26-12-16)5-7-18(17)25-13-20(23)28(2)24(29)30/h5-13H,1-4H3. The van der Waals surface area contributed by atoms with Crippen LogP contribution in [0.15, 0.2) is 59.7 Å². The number of ether oxygens (including phenoxy) is 2. The van der Waals surface area contributed by atoms with E-state index in [2.05, 4.69) is 15.0 Å². The Balaban J connectivity index is 1.82. The van der Waals surface area contributed by atoms with E-state index < -0.39 is 0 Å². The van der Waals surface area contributed by atoms with E-state index in [1.165, 1.54) is 0 Å². The van der Waals surface area contributed by atoms with Gasteiger partial charge in [0.05, 0.1) is 48.3 Å². The van der Waals surface area contributed by atoms with Crippen molar-refractivity contribution >= 4 is 21.9 Å². The van der Waals surface area contributed by atoms with Crippen molar-refractivity contribution in [2.75, 3.05) is 14.2 Å². The first-order chi connectivity index (χ1) is 15.5. The molecule has 8 nitrogen and oxygen atoms in total. The molecule has 0 aliphatic heterocycles. The van der Waals surface area contributed by atoms with Gasteiger partial charge in [0.25, 0.3) is 0 Å².